The summed E-state index contributed by atoms with van der Waals surface area (Å²) in [7, 11) is 1.58. The van der Waals surface area contributed by atoms with E-state index in [4.69, 9.17) is 9.47 Å². The molecule has 1 fully saturated rings. The molecule has 2 aromatic rings. The predicted octanol–water partition coefficient (Wildman–Crippen LogP) is 1.63. The van der Waals surface area contributed by atoms with Gasteiger partial charge in [-0.3, -0.25) is 4.98 Å². The van der Waals surface area contributed by atoms with Crippen molar-refractivity contribution in [3.63, 3.8) is 0 Å². The van der Waals surface area contributed by atoms with E-state index in [1.807, 2.05) is 6.92 Å². The number of aryl methyl sites for hydroxylation is 1. The van der Waals surface area contributed by atoms with Gasteiger partial charge in [-0.25, -0.2) is 4.98 Å². The van der Waals surface area contributed by atoms with Crippen LogP contribution >= 0.6 is 0 Å². The highest BCUT2D eigenvalue weighted by Crippen LogP contribution is 2.20. The fourth-order valence-electron chi connectivity index (χ4n) is 2.46. The van der Waals surface area contributed by atoms with Gasteiger partial charge in [-0.15, -0.1) is 0 Å². The molecule has 1 unspecified atom stereocenters. The Morgan fingerprint density at radius 3 is 2.73 bits per heavy atom. The molecule has 0 radical (unpaired) electrons. The molecule has 1 atom stereocenters. The van der Waals surface area contributed by atoms with Gasteiger partial charge in [-0.1, -0.05) is 0 Å². The third-order valence-electron chi connectivity index (χ3n) is 3.56. The molecule has 0 spiro atoms. The lowest BCUT2D eigenvalue weighted by molar-refractivity contribution is 0.163. The first-order chi connectivity index (χ1) is 10.7. The standard InChI is InChI=1S/C15H19N5O2/c1-11-6-16-9-14(19-11)20-5-3-4-12(10-20)22-15-17-7-13(21-2)8-18-15/h6-9,12H,3-5,10H2,1-2H3. The summed E-state index contributed by atoms with van der Waals surface area (Å²) >= 11 is 0. The Kier molecular flexibility index (Phi) is 4.32. The molecule has 116 valence electrons. The molecule has 7 heteroatoms. The fraction of sp³-hybridized carbons (Fsp3) is 0.467. The molecule has 22 heavy (non-hydrogen) atoms. The molecule has 1 saturated heterocycles. The molecule has 0 aromatic carbocycles. The lowest BCUT2D eigenvalue weighted by Gasteiger charge is -2.32. The van der Waals surface area contributed by atoms with Crippen LogP contribution in [0, 0.1) is 6.92 Å². The summed E-state index contributed by atoms with van der Waals surface area (Å²) in [6.45, 7) is 3.66. The first kappa shape index (κ1) is 14.5. The molecule has 0 saturated carbocycles. The normalized spacial score (nSPS) is 18.1. The van der Waals surface area contributed by atoms with Crippen LogP contribution in [0.25, 0.3) is 0 Å². The minimum atomic E-state index is 0.0458. The second-order valence-corrected chi connectivity index (χ2v) is 5.25. The minimum absolute atomic E-state index is 0.0458. The van der Waals surface area contributed by atoms with E-state index in [2.05, 4.69) is 24.8 Å². The summed E-state index contributed by atoms with van der Waals surface area (Å²) < 4.78 is 10.9. The molecule has 2 aromatic heterocycles. The molecule has 1 aliphatic rings. The smallest absolute Gasteiger partial charge is 0.316 e. The highest BCUT2D eigenvalue weighted by molar-refractivity contribution is 5.37. The van der Waals surface area contributed by atoms with Gasteiger partial charge < -0.3 is 14.4 Å². The first-order valence-corrected chi connectivity index (χ1v) is 7.31. The van der Waals surface area contributed by atoms with E-state index in [0.717, 1.165) is 37.4 Å². The zero-order valence-corrected chi connectivity index (χ0v) is 12.8. The third kappa shape index (κ3) is 3.41. The van der Waals surface area contributed by atoms with Gasteiger partial charge in [0.15, 0.2) is 5.75 Å². The molecule has 0 amide bonds. The fourth-order valence-corrected chi connectivity index (χ4v) is 2.46. The number of nitrogens with zero attached hydrogens (tertiary/aromatic N) is 5. The van der Waals surface area contributed by atoms with Crippen molar-refractivity contribution in [2.45, 2.75) is 25.9 Å². The number of hydrogen-bond acceptors (Lipinski definition) is 7. The zero-order valence-electron chi connectivity index (χ0n) is 12.8. The van der Waals surface area contributed by atoms with Crippen molar-refractivity contribution >= 4 is 5.82 Å². The van der Waals surface area contributed by atoms with Gasteiger partial charge in [0.1, 0.15) is 11.9 Å². The van der Waals surface area contributed by atoms with E-state index >= 15 is 0 Å². The SMILES string of the molecule is COc1cnc(OC2CCCN(c3cncc(C)n3)C2)nc1. The van der Waals surface area contributed by atoms with E-state index in [1.54, 1.807) is 31.9 Å². The van der Waals surface area contributed by atoms with Crippen molar-refractivity contribution in [2.75, 3.05) is 25.1 Å². The van der Waals surface area contributed by atoms with Crippen LogP contribution in [-0.2, 0) is 0 Å². The Balaban J connectivity index is 1.65. The van der Waals surface area contributed by atoms with Crippen molar-refractivity contribution < 1.29 is 9.47 Å². The highest BCUT2D eigenvalue weighted by Gasteiger charge is 2.23. The molecule has 0 N–H and O–H groups in total. The quantitative estimate of drug-likeness (QED) is 0.849. The van der Waals surface area contributed by atoms with Crippen LogP contribution in [-0.4, -0.2) is 46.2 Å². The highest BCUT2D eigenvalue weighted by atomic mass is 16.5. The van der Waals surface area contributed by atoms with Gasteiger partial charge in [0.2, 0.25) is 0 Å². The van der Waals surface area contributed by atoms with Gasteiger partial charge >= 0.3 is 6.01 Å². The summed E-state index contributed by atoms with van der Waals surface area (Å²) in [5.74, 6) is 1.51. The van der Waals surface area contributed by atoms with Crippen molar-refractivity contribution in [1.82, 2.24) is 19.9 Å². The number of ether oxygens (including phenoxy) is 2. The minimum Gasteiger partial charge on any atom is -0.494 e. The predicted molar refractivity (Wildman–Crippen MR) is 81.2 cm³/mol. The number of methoxy groups -OCH3 is 1. The number of rotatable bonds is 4. The summed E-state index contributed by atoms with van der Waals surface area (Å²) in [5.41, 5.74) is 0.916. The van der Waals surface area contributed by atoms with Gasteiger partial charge in [0.25, 0.3) is 0 Å². The van der Waals surface area contributed by atoms with Crippen LogP contribution in [0.5, 0.6) is 11.8 Å². The number of anilines is 1. The topological polar surface area (TPSA) is 73.3 Å². The average Bonchev–Trinajstić information content (AvgIpc) is 2.56. The van der Waals surface area contributed by atoms with E-state index in [9.17, 15) is 0 Å². The molecule has 1 aliphatic heterocycles. The molecule has 0 bridgehead atoms. The third-order valence-corrected chi connectivity index (χ3v) is 3.56. The Bertz CT molecular complexity index is 620. The Morgan fingerprint density at radius 2 is 2.00 bits per heavy atom. The van der Waals surface area contributed by atoms with E-state index in [-0.39, 0.29) is 6.10 Å². The van der Waals surface area contributed by atoms with Crippen molar-refractivity contribution in [2.24, 2.45) is 0 Å². The van der Waals surface area contributed by atoms with Gasteiger partial charge in [-0.05, 0) is 19.8 Å². The number of hydrogen-bond donors (Lipinski definition) is 0. The van der Waals surface area contributed by atoms with Crippen LogP contribution in [0.15, 0.2) is 24.8 Å². The Hall–Kier alpha value is -2.44. The van der Waals surface area contributed by atoms with E-state index in [0.29, 0.717) is 11.8 Å². The van der Waals surface area contributed by atoms with Crippen LogP contribution in [0.3, 0.4) is 0 Å². The van der Waals surface area contributed by atoms with Gasteiger partial charge in [0, 0.05) is 12.7 Å². The molecular formula is C15H19N5O2. The van der Waals surface area contributed by atoms with Gasteiger partial charge in [-0.2, -0.15) is 9.97 Å². The maximum Gasteiger partial charge on any atom is 0.316 e. The van der Waals surface area contributed by atoms with Crippen molar-refractivity contribution in [1.29, 1.82) is 0 Å². The molecule has 3 heterocycles. The summed E-state index contributed by atoms with van der Waals surface area (Å²) in [5, 5.41) is 0. The van der Waals surface area contributed by atoms with Gasteiger partial charge in [0.05, 0.1) is 37.9 Å². The summed E-state index contributed by atoms with van der Waals surface area (Å²) in [6, 6.07) is 0.378. The molecular weight excluding hydrogens is 282 g/mol. The van der Waals surface area contributed by atoms with E-state index in [1.165, 1.54) is 0 Å². The maximum absolute atomic E-state index is 5.87. The Morgan fingerprint density at radius 1 is 1.18 bits per heavy atom. The summed E-state index contributed by atoms with van der Waals surface area (Å²) in [6.07, 6.45) is 8.82. The molecule has 3 rings (SSSR count). The lowest BCUT2D eigenvalue weighted by atomic mass is 10.1. The van der Waals surface area contributed by atoms with Crippen LogP contribution < -0.4 is 14.4 Å². The number of piperidine rings is 1. The lowest BCUT2D eigenvalue weighted by Crippen LogP contribution is -2.41. The summed E-state index contributed by atoms with van der Waals surface area (Å²) in [4.78, 5) is 19.2. The monoisotopic (exact) mass is 301 g/mol. The van der Waals surface area contributed by atoms with E-state index < -0.39 is 0 Å². The zero-order chi connectivity index (χ0) is 15.4. The average molecular weight is 301 g/mol. The maximum atomic E-state index is 5.87. The molecule has 7 nitrogen and oxygen atoms in total. The second-order valence-electron chi connectivity index (χ2n) is 5.25. The van der Waals surface area contributed by atoms with Crippen LogP contribution in [0.4, 0.5) is 5.82 Å². The van der Waals surface area contributed by atoms with Crippen molar-refractivity contribution in [3.05, 3.63) is 30.5 Å². The molecule has 0 aliphatic carbocycles. The van der Waals surface area contributed by atoms with Crippen molar-refractivity contribution in [3.8, 4) is 11.8 Å². The largest absolute Gasteiger partial charge is 0.494 e. The van der Waals surface area contributed by atoms with Crippen LogP contribution in [0.2, 0.25) is 0 Å². The first-order valence-electron chi connectivity index (χ1n) is 7.31. The number of aromatic nitrogens is 4. The second kappa shape index (κ2) is 6.55. The Labute approximate surface area is 129 Å². The van der Waals surface area contributed by atoms with Crippen LogP contribution in [0.1, 0.15) is 18.5 Å².